The molecule has 0 unspecified atom stereocenters. The average molecular weight is 577 g/mol. The van der Waals surface area contributed by atoms with Crippen LogP contribution < -0.4 is 4.74 Å². The molecule has 5 aromatic carbocycles. The summed E-state index contributed by atoms with van der Waals surface area (Å²) in [6.07, 6.45) is 1.80. The molecule has 9 aromatic rings. The number of para-hydroxylation sites is 3. The van der Waals surface area contributed by atoms with Crippen LogP contribution >= 0.6 is 0 Å². The molecule has 0 radical (unpaired) electrons. The van der Waals surface area contributed by atoms with Gasteiger partial charge in [0.05, 0.1) is 35.2 Å². The van der Waals surface area contributed by atoms with Gasteiger partial charge in [-0.2, -0.15) is 0 Å². The number of hydrogen-bond donors (Lipinski definition) is 0. The lowest BCUT2D eigenvalue weighted by molar-refractivity contribution is 0.484. The molecule has 208 valence electrons. The molecule has 4 aromatic heterocycles. The minimum Gasteiger partial charge on any atom is -0.457 e. The van der Waals surface area contributed by atoms with E-state index in [1.165, 1.54) is 0 Å². The zero-order valence-corrected chi connectivity index (χ0v) is 23.6. The van der Waals surface area contributed by atoms with Crippen molar-refractivity contribution in [2.24, 2.45) is 0 Å². The van der Waals surface area contributed by atoms with Crippen molar-refractivity contribution in [3.05, 3.63) is 144 Å². The van der Waals surface area contributed by atoms with E-state index in [0.717, 1.165) is 66.0 Å². The van der Waals surface area contributed by atoms with Gasteiger partial charge in [0.1, 0.15) is 23.0 Å². The van der Waals surface area contributed by atoms with Crippen LogP contribution in [0.3, 0.4) is 0 Å². The molecular weight excluding hydrogens is 556 g/mol. The lowest BCUT2D eigenvalue weighted by atomic mass is 10.0. The number of fused-ring (bicyclic) bond motifs is 11. The number of pyridine rings is 2. The summed E-state index contributed by atoms with van der Waals surface area (Å²) in [7, 11) is 0. The fourth-order valence-electron chi connectivity index (χ4n) is 6.49. The molecule has 45 heavy (non-hydrogen) atoms. The maximum Gasteiger partial charge on any atom is 0.196 e. The minimum absolute atomic E-state index is 0.328. The quantitative estimate of drug-likeness (QED) is 0.155. The second-order valence-corrected chi connectivity index (χ2v) is 10.9. The van der Waals surface area contributed by atoms with E-state index in [-0.39, 0.29) is 0 Å². The average Bonchev–Trinajstić information content (AvgIpc) is 3.64. The summed E-state index contributed by atoms with van der Waals surface area (Å²) in [4.78, 5) is 16.9. The predicted molar refractivity (Wildman–Crippen MR) is 179 cm³/mol. The monoisotopic (exact) mass is 576 g/mol. The molecule has 0 aliphatic carbocycles. The van der Waals surface area contributed by atoms with Crippen LogP contribution in [0.4, 0.5) is 11.4 Å². The van der Waals surface area contributed by atoms with E-state index in [4.69, 9.17) is 22.9 Å². The van der Waals surface area contributed by atoms with Gasteiger partial charge in [0.25, 0.3) is 0 Å². The fourth-order valence-corrected chi connectivity index (χ4v) is 6.49. The van der Waals surface area contributed by atoms with Crippen molar-refractivity contribution >= 4 is 71.5 Å². The molecule has 0 amide bonds. The normalized spacial score (nSPS) is 11.5. The Hall–Kier alpha value is -6.70. The fraction of sp³-hybridized carbons (Fsp3) is 0. The Morgan fingerprint density at radius 1 is 0.556 bits per heavy atom. The largest absolute Gasteiger partial charge is 0.457 e. The maximum absolute atomic E-state index is 7.69. The Kier molecular flexibility index (Phi) is 5.19. The number of aromatic nitrogens is 4. The Morgan fingerprint density at radius 3 is 2.09 bits per heavy atom. The first-order valence-corrected chi connectivity index (χ1v) is 14.4. The molecule has 7 heteroatoms. The standard InChI is InChI=1S/C38H20N6O/c1-39-31-21-28-25-16-14-23(19-29(25)38-42-30-10-4-6-12-34(30)44(38)36(28)22-32(31)40-2)45-24-15-17-27-26-9-3-5-11-33(26)43(35(27)20-24)37-13-7-8-18-41-37/h3-22H. The first kappa shape index (κ1) is 24.9. The predicted octanol–water partition coefficient (Wildman–Crippen LogP) is 10.2. The first-order valence-electron chi connectivity index (χ1n) is 14.4. The number of ether oxygens (including phenoxy) is 1. The van der Waals surface area contributed by atoms with Crippen LogP contribution in [0, 0.1) is 13.1 Å². The Bertz CT molecular complexity index is 2760. The van der Waals surface area contributed by atoms with Gasteiger partial charge >= 0.3 is 0 Å². The zero-order valence-electron chi connectivity index (χ0n) is 23.6. The van der Waals surface area contributed by atoms with Gasteiger partial charge in [0.2, 0.25) is 0 Å². The molecule has 0 saturated heterocycles. The molecule has 0 fully saturated rings. The summed E-state index contributed by atoms with van der Waals surface area (Å²) in [5.74, 6) is 2.20. The van der Waals surface area contributed by atoms with Gasteiger partial charge in [-0.1, -0.05) is 42.5 Å². The minimum atomic E-state index is 0.328. The molecule has 9 rings (SSSR count). The molecular formula is C38H20N6O. The van der Waals surface area contributed by atoms with E-state index in [0.29, 0.717) is 22.9 Å². The van der Waals surface area contributed by atoms with Gasteiger partial charge in [-0.25, -0.2) is 9.97 Å². The topological polar surface area (TPSA) is 53.1 Å². The van der Waals surface area contributed by atoms with Crippen molar-refractivity contribution < 1.29 is 4.74 Å². The summed E-state index contributed by atoms with van der Waals surface area (Å²) in [5, 5.41) is 4.98. The van der Waals surface area contributed by atoms with Gasteiger partial charge in [0, 0.05) is 33.9 Å². The van der Waals surface area contributed by atoms with E-state index in [1.54, 1.807) is 12.3 Å². The number of rotatable bonds is 3. The summed E-state index contributed by atoms with van der Waals surface area (Å²) in [6, 6.07) is 37.9. The highest BCUT2D eigenvalue weighted by Gasteiger charge is 2.18. The van der Waals surface area contributed by atoms with Crippen molar-refractivity contribution in [3.63, 3.8) is 0 Å². The van der Waals surface area contributed by atoms with Crippen LogP contribution in [0.25, 0.3) is 75.7 Å². The van der Waals surface area contributed by atoms with Crippen molar-refractivity contribution in [1.29, 1.82) is 0 Å². The van der Waals surface area contributed by atoms with Crippen molar-refractivity contribution in [3.8, 4) is 17.3 Å². The number of nitrogens with zero attached hydrogens (tertiary/aromatic N) is 6. The van der Waals surface area contributed by atoms with E-state index >= 15 is 0 Å². The zero-order chi connectivity index (χ0) is 30.1. The van der Waals surface area contributed by atoms with Crippen LogP contribution in [0.1, 0.15) is 0 Å². The van der Waals surface area contributed by atoms with Crippen molar-refractivity contribution in [2.75, 3.05) is 0 Å². The van der Waals surface area contributed by atoms with Gasteiger partial charge in [-0.3, -0.25) is 18.7 Å². The molecule has 4 heterocycles. The summed E-state index contributed by atoms with van der Waals surface area (Å²) in [5.41, 5.74) is 6.13. The van der Waals surface area contributed by atoms with Crippen LogP contribution in [0.2, 0.25) is 0 Å². The van der Waals surface area contributed by atoms with Gasteiger partial charge in [-0.15, -0.1) is 0 Å². The highest BCUT2D eigenvalue weighted by molar-refractivity contribution is 6.16. The van der Waals surface area contributed by atoms with Gasteiger partial charge < -0.3 is 4.74 Å². The SMILES string of the molecule is [C-]#[N+]c1cc2c3ccc(Oc4ccc5c6ccccc6n(-c6ccccn6)c5c4)cc3c3nc4ccccc4n3c2cc1[N+]#[C-]. The summed E-state index contributed by atoms with van der Waals surface area (Å²) in [6.45, 7) is 15.4. The molecule has 0 atom stereocenters. The van der Waals surface area contributed by atoms with Crippen LogP contribution in [-0.2, 0) is 0 Å². The second-order valence-electron chi connectivity index (χ2n) is 10.9. The summed E-state index contributed by atoms with van der Waals surface area (Å²) < 4.78 is 10.8. The van der Waals surface area contributed by atoms with Crippen molar-refractivity contribution in [1.82, 2.24) is 18.9 Å². The van der Waals surface area contributed by atoms with E-state index < -0.39 is 0 Å². The highest BCUT2D eigenvalue weighted by Crippen LogP contribution is 2.41. The molecule has 0 aliphatic rings. The Morgan fingerprint density at radius 2 is 1.27 bits per heavy atom. The molecule has 0 spiro atoms. The summed E-state index contributed by atoms with van der Waals surface area (Å²) >= 11 is 0. The molecule has 7 nitrogen and oxygen atoms in total. The number of benzene rings is 5. The van der Waals surface area contributed by atoms with E-state index in [2.05, 4.69) is 54.0 Å². The third kappa shape index (κ3) is 3.62. The van der Waals surface area contributed by atoms with Crippen molar-refractivity contribution in [2.45, 2.75) is 0 Å². The Balaban J connectivity index is 1.26. The molecule has 0 bridgehead atoms. The van der Waals surface area contributed by atoms with Crippen LogP contribution in [0.5, 0.6) is 11.5 Å². The second kappa shape index (κ2) is 9.40. The molecule has 0 N–H and O–H groups in total. The number of hydrogen-bond acceptors (Lipinski definition) is 3. The lowest BCUT2D eigenvalue weighted by Gasteiger charge is -2.13. The Labute approximate surface area is 256 Å². The van der Waals surface area contributed by atoms with Crippen LogP contribution in [0.15, 0.2) is 121 Å². The van der Waals surface area contributed by atoms with Crippen LogP contribution in [-0.4, -0.2) is 18.9 Å². The van der Waals surface area contributed by atoms with E-state index in [9.17, 15) is 0 Å². The highest BCUT2D eigenvalue weighted by atomic mass is 16.5. The third-order valence-electron chi connectivity index (χ3n) is 8.42. The molecule has 0 saturated carbocycles. The van der Waals surface area contributed by atoms with E-state index in [1.807, 2.05) is 78.9 Å². The smallest absolute Gasteiger partial charge is 0.196 e. The third-order valence-corrected chi connectivity index (χ3v) is 8.42. The molecule has 0 aliphatic heterocycles. The van der Waals surface area contributed by atoms with Gasteiger partial charge in [0.15, 0.2) is 11.4 Å². The number of imidazole rings is 1. The van der Waals surface area contributed by atoms with Gasteiger partial charge in [-0.05, 0) is 77.5 Å². The maximum atomic E-state index is 7.69. The lowest BCUT2D eigenvalue weighted by Crippen LogP contribution is -1.96. The first-order chi connectivity index (χ1) is 22.2.